The molecule has 0 bridgehead atoms. The molecule has 0 aliphatic heterocycles. The second-order valence-electron chi connectivity index (χ2n) is 4.21. The van der Waals surface area contributed by atoms with Crippen molar-refractivity contribution >= 4 is 56.3 Å². The zero-order valence-electron chi connectivity index (χ0n) is 11.0. The summed E-state index contributed by atoms with van der Waals surface area (Å²) in [6, 6.07) is 5.22. The van der Waals surface area contributed by atoms with Crippen LogP contribution < -0.4 is 9.92 Å². The molecule has 0 aliphatic rings. The van der Waals surface area contributed by atoms with Crippen LogP contribution in [0.1, 0.15) is 0 Å². The molecule has 122 valence electrons. The van der Waals surface area contributed by atoms with E-state index in [4.69, 9.17) is 44.7 Å². The Hall–Kier alpha value is -1.74. The van der Waals surface area contributed by atoms with Gasteiger partial charge in [0, 0.05) is 12.1 Å². The fourth-order valence-electron chi connectivity index (χ4n) is 1.54. The summed E-state index contributed by atoms with van der Waals surface area (Å²) in [6.45, 7) is 0. The summed E-state index contributed by atoms with van der Waals surface area (Å²) < 4.78 is 29.3. The summed E-state index contributed by atoms with van der Waals surface area (Å²) in [4.78, 5) is 9.61. The van der Waals surface area contributed by atoms with Crippen molar-refractivity contribution in [2.75, 3.05) is 5.73 Å². The van der Waals surface area contributed by atoms with Crippen LogP contribution in [0.25, 0.3) is 0 Å². The fourth-order valence-corrected chi connectivity index (χ4v) is 3.42. The number of hydrogen-bond acceptors (Lipinski definition) is 6. The van der Waals surface area contributed by atoms with Crippen LogP contribution in [0.2, 0.25) is 15.1 Å². The summed E-state index contributed by atoms with van der Waals surface area (Å²) >= 11 is 17.4. The molecular formula is C12H7Cl3N2O5S. The van der Waals surface area contributed by atoms with Gasteiger partial charge in [-0.3, -0.25) is 10.1 Å². The number of rotatable bonds is 4. The number of nitro groups is 1. The van der Waals surface area contributed by atoms with E-state index in [0.29, 0.717) is 0 Å². The summed E-state index contributed by atoms with van der Waals surface area (Å²) in [7, 11) is -4.31. The minimum atomic E-state index is -4.31. The van der Waals surface area contributed by atoms with Gasteiger partial charge in [0.25, 0.3) is 5.69 Å². The minimum Gasteiger partial charge on any atom is -0.396 e. The largest absolute Gasteiger partial charge is 0.396 e. The van der Waals surface area contributed by atoms with Crippen molar-refractivity contribution in [2.24, 2.45) is 0 Å². The van der Waals surface area contributed by atoms with Gasteiger partial charge in [0.1, 0.15) is 4.90 Å². The van der Waals surface area contributed by atoms with E-state index in [1.807, 2.05) is 0 Å². The topological polar surface area (TPSA) is 113 Å². The molecule has 7 nitrogen and oxygen atoms in total. The first-order valence-electron chi connectivity index (χ1n) is 5.75. The quantitative estimate of drug-likeness (QED) is 0.362. The number of nitrogens with zero attached hydrogens (tertiary/aromatic N) is 1. The maximum absolute atomic E-state index is 12.2. The van der Waals surface area contributed by atoms with E-state index in [0.717, 1.165) is 30.3 Å². The highest BCUT2D eigenvalue weighted by atomic mass is 35.5. The molecule has 23 heavy (non-hydrogen) atoms. The Morgan fingerprint density at radius 3 is 2.09 bits per heavy atom. The number of nitrogen functional groups attached to an aromatic ring is 1. The molecule has 2 N–H and O–H groups in total. The Kier molecular flexibility index (Phi) is 4.90. The van der Waals surface area contributed by atoms with Gasteiger partial charge in [0.05, 0.1) is 25.7 Å². The summed E-state index contributed by atoms with van der Waals surface area (Å²) in [5.41, 5.74) is 5.25. The van der Waals surface area contributed by atoms with Crippen LogP contribution in [0, 0.1) is 10.1 Å². The maximum Gasteiger partial charge on any atom is 0.339 e. The average molecular weight is 398 g/mol. The van der Waals surface area contributed by atoms with Crippen LogP contribution in [0.15, 0.2) is 35.2 Å². The van der Waals surface area contributed by atoms with E-state index in [9.17, 15) is 18.5 Å². The van der Waals surface area contributed by atoms with Crippen LogP contribution in [-0.2, 0) is 10.1 Å². The minimum absolute atomic E-state index is 0.0284. The summed E-state index contributed by atoms with van der Waals surface area (Å²) in [5, 5.41) is 10.3. The average Bonchev–Trinajstić information content (AvgIpc) is 2.45. The van der Waals surface area contributed by atoms with Crippen molar-refractivity contribution in [1.82, 2.24) is 0 Å². The second kappa shape index (κ2) is 6.40. The molecule has 0 spiro atoms. The summed E-state index contributed by atoms with van der Waals surface area (Å²) in [6.07, 6.45) is 0. The molecule has 11 heteroatoms. The first-order valence-corrected chi connectivity index (χ1v) is 8.29. The lowest BCUT2D eigenvalue weighted by molar-refractivity contribution is -0.384. The molecule has 0 unspecified atom stereocenters. The molecule has 0 radical (unpaired) electrons. The van der Waals surface area contributed by atoms with Gasteiger partial charge in [0.2, 0.25) is 0 Å². The summed E-state index contributed by atoms with van der Waals surface area (Å²) in [5.74, 6) is -0.277. The monoisotopic (exact) mass is 396 g/mol. The SMILES string of the molecule is Nc1c(Cl)cc(S(=O)(=O)Oc2ccc([N+](=O)[O-])cc2Cl)cc1Cl. The normalized spacial score (nSPS) is 11.3. The number of nitro benzene ring substituents is 1. The highest BCUT2D eigenvalue weighted by molar-refractivity contribution is 7.87. The van der Waals surface area contributed by atoms with Gasteiger partial charge in [-0.2, -0.15) is 8.42 Å². The number of benzene rings is 2. The highest BCUT2D eigenvalue weighted by Crippen LogP contribution is 2.34. The van der Waals surface area contributed by atoms with Gasteiger partial charge < -0.3 is 9.92 Å². The maximum atomic E-state index is 12.2. The van der Waals surface area contributed by atoms with Gasteiger partial charge in [-0.1, -0.05) is 34.8 Å². The Balaban J connectivity index is 2.41. The molecule has 2 aromatic carbocycles. The molecule has 0 saturated carbocycles. The molecule has 0 aromatic heterocycles. The second-order valence-corrected chi connectivity index (χ2v) is 6.98. The molecule has 0 saturated heterocycles. The van der Waals surface area contributed by atoms with Gasteiger partial charge in [0.15, 0.2) is 5.75 Å². The molecule has 0 atom stereocenters. The van der Waals surface area contributed by atoms with Gasteiger partial charge in [-0.15, -0.1) is 0 Å². The molecule has 0 amide bonds. The lowest BCUT2D eigenvalue weighted by atomic mass is 10.3. The Labute approximate surface area is 145 Å². The Morgan fingerprint density at radius 1 is 1.04 bits per heavy atom. The number of non-ortho nitro benzene ring substituents is 1. The van der Waals surface area contributed by atoms with E-state index in [2.05, 4.69) is 0 Å². The third-order valence-corrected chi connectivity index (χ3v) is 4.80. The van der Waals surface area contributed by atoms with Gasteiger partial charge in [-0.25, -0.2) is 0 Å². The van der Waals surface area contributed by atoms with Crippen molar-refractivity contribution in [1.29, 1.82) is 0 Å². The Morgan fingerprint density at radius 2 is 1.61 bits per heavy atom. The van der Waals surface area contributed by atoms with Crippen molar-refractivity contribution in [2.45, 2.75) is 4.90 Å². The Bertz CT molecular complexity index is 879. The van der Waals surface area contributed by atoms with Gasteiger partial charge >= 0.3 is 10.1 Å². The predicted molar refractivity (Wildman–Crippen MR) is 86.8 cm³/mol. The molecule has 0 heterocycles. The zero-order chi connectivity index (χ0) is 17.4. The van der Waals surface area contributed by atoms with Crippen molar-refractivity contribution in [3.8, 4) is 5.75 Å². The molecule has 2 rings (SSSR count). The fraction of sp³-hybridized carbons (Fsp3) is 0. The number of anilines is 1. The molecule has 0 fully saturated rings. The number of nitrogens with two attached hydrogens (primary N) is 1. The van der Waals surface area contributed by atoms with Crippen molar-refractivity contribution in [3.63, 3.8) is 0 Å². The van der Waals surface area contributed by atoms with E-state index >= 15 is 0 Å². The molecule has 0 aliphatic carbocycles. The van der Waals surface area contributed by atoms with Crippen LogP contribution in [-0.4, -0.2) is 13.3 Å². The van der Waals surface area contributed by atoms with E-state index in [-0.39, 0.29) is 37.1 Å². The first kappa shape index (κ1) is 17.6. The lowest BCUT2D eigenvalue weighted by Crippen LogP contribution is -2.10. The van der Waals surface area contributed by atoms with Crippen LogP contribution in [0.3, 0.4) is 0 Å². The smallest absolute Gasteiger partial charge is 0.339 e. The number of halogens is 3. The van der Waals surface area contributed by atoms with Crippen LogP contribution in [0.5, 0.6) is 5.75 Å². The predicted octanol–water partition coefficient (Wildman–Crippen LogP) is 3.90. The van der Waals surface area contributed by atoms with Crippen LogP contribution >= 0.6 is 34.8 Å². The molecular weight excluding hydrogens is 391 g/mol. The van der Waals surface area contributed by atoms with E-state index < -0.39 is 15.0 Å². The zero-order valence-corrected chi connectivity index (χ0v) is 14.1. The number of hydrogen-bond donors (Lipinski definition) is 1. The first-order chi connectivity index (χ1) is 10.6. The van der Waals surface area contributed by atoms with E-state index in [1.165, 1.54) is 0 Å². The van der Waals surface area contributed by atoms with Crippen LogP contribution in [0.4, 0.5) is 11.4 Å². The van der Waals surface area contributed by atoms with Gasteiger partial charge in [-0.05, 0) is 18.2 Å². The third kappa shape index (κ3) is 3.78. The van der Waals surface area contributed by atoms with Crippen molar-refractivity contribution < 1.29 is 17.5 Å². The standard InChI is InChI=1S/C12H7Cl3N2O5S/c13-8-3-6(17(18)19)1-2-11(8)22-23(20,21)7-4-9(14)12(16)10(15)5-7/h1-5H,16H2. The van der Waals surface area contributed by atoms with E-state index in [1.54, 1.807) is 0 Å². The molecule has 2 aromatic rings. The highest BCUT2D eigenvalue weighted by Gasteiger charge is 2.22. The third-order valence-electron chi connectivity index (χ3n) is 2.67. The van der Waals surface area contributed by atoms with Crippen molar-refractivity contribution in [3.05, 3.63) is 55.5 Å². The lowest BCUT2D eigenvalue weighted by Gasteiger charge is -2.10.